The first kappa shape index (κ1) is 15.6. The van der Waals surface area contributed by atoms with Crippen LogP contribution in [0.3, 0.4) is 0 Å². The first-order chi connectivity index (χ1) is 8.49. The van der Waals surface area contributed by atoms with Crippen LogP contribution in [-0.4, -0.2) is 26.1 Å². The smallest absolute Gasteiger partial charge is 0.226 e. The lowest BCUT2D eigenvalue weighted by molar-refractivity contribution is -0.117. The molecule has 0 saturated carbocycles. The number of rotatable bonds is 4. The minimum Gasteiger partial charge on any atom is -0.325 e. The van der Waals surface area contributed by atoms with E-state index in [-0.39, 0.29) is 17.0 Å². The molecule has 3 N–H and O–H groups in total. The second kappa shape index (κ2) is 5.26. The van der Waals surface area contributed by atoms with Gasteiger partial charge < -0.3 is 11.1 Å². The van der Waals surface area contributed by atoms with Crippen LogP contribution in [0.5, 0.6) is 0 Å². The van der Waals surface area contributed by atoms with Gasteiger partial charge >= 0.3 is 0 Å². The van der Waals surface area contributed by atoms with Crippen molar-refractivity contribution in [2.45, 2.75) is 30.7 Å². The molecule has 0 aromatic heterocycles. The normalized spacial score (nSPS) is 12.3. The van der Waals surface area contributed by atoms with Crippen LogP contribution < -0.4 is 11.1 Å². The zero-order valence-electron chi connectivity index (χ0n) is 11.0. The Morgan fingerprint density at radius 2 is 2.00 bits per heavy atom. The van der Waals surface area contributed by atoms with Gasteiger partial charge in [-0.2, -0.15) is 0 Å². The van der Waals surface area contributed by atoms with E-state index in [4.69, 9.17) is 5.73 Å². The van der Waals surface area contributed by atoms with Crippen molar-refractivity contribution in [2.75, 3.05) is 11.6 Å². The molecule has 0 aliphatic rings. The van der Waals surface area contributed by atoms with Crippen molar-refractivity contribution < 1.29 is 17.6 Å². The summed E-state index contributed by atoms with van der Waals surface area (Å²) in [5.41, 5.74) is 4.78. The molecule has 0 radical (unpaired) electrons. The van der Waals surface area contributed by atoms with Crippen LogP contribution in [0.4, 0.5) is 10.1 Å². The number of amides is 1. The van der Waals surface area contributed by atoms with Crippen molar-refractivity contribution in [3.05, 3.63) is 24.0 Å². The number of carbonyl (C=O) groups excluding carboxylic acids is 1. The van der Waals surface area contributed by atoms with Gasteiger partial charge in [0.1, 0.15) is 5.82 Å². The van der Waals surface area contributed by atoms with E-state index in [0.717, 1.165) is 24.5 Å². The number of hydrogen-bond acceptors (Lipinski definition) is 4. The van der Waals surface area contributed by atoms with E-state index < -0.39 is 27.1 Å². The highest BCUT2D eigenvalue weighted by atomic mass is 32.2. The highest BCUT2D eigenvalue weighted by Crippen LogP contribution is 2.20. The Balaban J connectivity index is 2.99. The first-order valence-corrected chi connectivity index (χ1v) is 7.46. The molecule has 0 saturated heterocycles. The molecule has 0 unspecified atom stereocenters. The van der Waals surface area contributed by atoms with Crippen molar-refractivity contribution in [2.24, 2.45) is 5.73 Å². The summed E-state index contributed by atoms with van der Waals surface area (Å²) in [7, 11) is -3.46. The molecule has 1 amide bonds. The number of anilines is 1. The summed E-state index contributed by atoms with van der Waals surface area (Å²) in [5, 5.41) is 2.32. The molecule has 1 rings (SSSR count). The quantitative estimate of drug-likeness (QED) is 0.817. The van der Waals surface area contributed by atoms with Crippen LogP contribution in [0.1, 0.15) is 20.3 Å². The lowest BCUT2D eigenvalue weighted by Gasteiger charge is -2.17. The predicted octanol–water partition coefficient (Wildman–Crippen LogP) is 1.30. The van der Waals surface area contributed by atoms with Crippen molar-refractivity contribution >= 4 is 21.4 Å². The van der Waals surface area contributed by atoms with Gasteiger partial charge in [-0.3, -0.25) is 4.79 Å². The summed E-state index contributed by atoms with van der Waals surface area (Å²) in [6, 6.07) is 3.23. The standard InChI is InChI=1S/C12H17FN2O3S/c1-12(2,14)7-11(16)15-10-6-8(19(3,17)18)4-5-9(10)13/h4-6H,7,14H2,1-3H3,(H,15,16). The Hall–Kier alpha value is -1.47. The molecule has 0 spiro atoms. The molecule has 7 heteroatoms. The van der Waals surface area contributed by atoms with E-state index in [0.29, 0.717) is 0 Å². The van der Waals surface area contributed by atoms with Gasteiger partial charge in [-0.15, -0.1) is 0 Å². The van der Waals surface area contributed by atoms with Crippen LogP contribution in [0, 0.1) is 5.82 Å². The molecular formula is C12H17FN2O3S. The van der Waals surface area contributed by atoms with E-state index in [1.807, 2.05) is 0 Å². The highest BCUT2D eigenvalue weighted by Gasteiger charge is 2.18. The van der Waals surface area contributed by atoms with Gasteiger partial charge in [-0.1, -0.05) is 0 Å². The molecule has 0 aliphatic carbocycles. The third kappa shape index (κ3) is 4.96. The molecule has 106 valence electrons. The van der Waals surface area contributed by atoms with Crippen molar-refractivity contribution in [3.63, 3.8) is 0 Å². The summed E-state index contributed by atoms with van der Waals surface area (Å²) in [6.07, 6.45) is 1.00. The summed E-state index contributed by atoms with van der Waals surface area (Å²) >= 11 is 0. The maximum atomic E-state index is 13.5. The van der Waals surface area contributed by atoms with Gasteiger partial charge in [0.05, 0.1) is 10.6 Å². The van der Waals surface area contributed by atoms with Gasteiger partial charge in [0, 0.05) is 18.2 Å². The SMILES string of the molecule is CC(C)(N)CC(=O)Nc1cc(S(C)(=O)=O)ccc1F. The topological polar surface area (TPSA) is 89.3 Å². The van der Waals surface area contributed by atoms with E-state index in [9.17, 15) is 17.6 Å². The number of benzene rings is 1. The van der Waals surface area contributed by atoms with Crippen LogP contribution >= 0.6 is 0 Å². The Kier molecular flexibility index (Phi) is 4.32. The van der Waals surface area contributed by atoms with Gasteiger partial charge in [-0.25, -0.2) is 12.8 Å². The summed E-state index contributed by atoms with van der Waals surface area (Å²) < 4.78 is 36.2. The highest BCUT2D eigenvalue weighted by molar-refractivity contribution is 7.90. The van der Waals surface area contributed by atoms with Crippen molar-refractivity contribution in [1.29, 1.82) is 0 Å². The Labute approximate surface area is 111 Å². The third-order valence-corrected chi connectivity index (χ3v) is 3.37. The van der Waals surface area contributed by atoms with Gasteiger partial charge in [0.25, 0.3) is 0 Å². The minimum atomic E-state index is -3.46. The van der Waals surface area contributed by atoms with Gasteiger partial charge in [0.2, 0.25) is 5.91 Å². The predicted molar refractivity (Wildman–Crippen MR) is 71.0 cm³/mol. The van der Waals surface area contributed by atoms with Crippen molar-refractivity contribution in [1.82, 2.24) is 0 Å². The number of sulfone groups is 1. The van der Waals surface area contributed by atoms with E-state index in [1.54, 1.807) is 13.8 Å². The zero-order chi connectivity index (χ0) is 14.8. The molecule has 19 heavy (non-hydrogen) atoms. The van der Waals surface area contributed by atoms with Gasteiger partial charge in [-0.05, 0) is 32.0 Å². The van der Waals surface area contributed by atoms with Gasteiger partial charge in [0.15, 0.2) is 9.84 Å². The molecule has 0 heterocycles. The summed E-state index contributed by atoms with van der Waals surface area (Å²) in [6.45, 7) is 3.33. The maximum Gasteiger partial charge on any atom is 0.226 e. The lowest BCUT2D eigenvalue weighted by atomic mass is 10.0. The lowest BCUT2D eigenvalue weighted by Crippen LogP contribution is -2.36. The average Bonchev–Trinajstić information content (AvgIpc) is 2.16. The molecule has 0 fully saturated rings. The number of halogens is 1. The van der Waals surface area contributed by atoms with Crippen molar-refractivity contribution in [3.8, 4) is 0 Å². The molecule has 0 atom stereocenters. The van der Waals surface area contributed by atoms with E-state index in [2.05, 4.69) is 5.32 Å². The fourth-order valence-electron chi connectivity index (χ4n) is 1.44. The third-order valence-electron chi connectivity index (χ3n) is 2.26. The molecule has 1 aromatic carbocycles. The largest absolute Gasteiger partial charge is 0.325 e. The fourth-order valence-corrected chi connectivity index (χ4v) is 2.09. The zero-order valence-corrected chi connectivity index (χ0v) is 11.8. The molecule has 0 aliphatic heterocycles. The average molecular weight is 288 g/mol. The maximum absolute atomic E-state index is 13.5. The number of nitrogens with two attached hydrogens (primary N) is 1. The van der Waals surface area contributed by atoms with Crippen LogP contribution in [0.2, 0.25) is 0 Å². The number of carbonyl (C=O) groups is 1. The van der Waals surface area contributed by atoms with Crippen LogP contribution in [0.15, 0.2) is 23.1 Å². The Morgan fingerprint density at radius 3 is 2.47 bits per heavy atom. The fraction of sp³-hybridized carbons (Fsp3) is 0.417. The molecule has 5 nitrogen and oxygen atoms in total. The molecule has 0 bridgehead atoms. The molecular weight excluding hydrogens is 271 g/mol. The Bertz CT molecular complexity index is 591. The second-order valence-electron chi connectivity index (χ2n) is 5.13. The first-order valence-electron chi connectivity index (χ1n) is 5.57. The van der Waals surface area contributed by atoms with E-state index in [1.165, 1.54) is 0 Å². The number of hydrogen-bond donors (Lipinski definition) is 2. The number of nitrogens with one attached hydrogen (secondary N) is 1. The minimum absolute atomic E-state index is 0.00442. The molecule has 1 aromatic rings. The summed E-state index contributed by atoms with van der Waals surface area (Å²) in [4.78, 5) is 11.6. The second-order valence-corrected chi connectivity index (χ2v) is 7.14. The van der Waals surface area contributed by atoms with Crippen LogP contribution in [-0.2, 0) is 14.6 Å². The monoisotopic (exact) mass is 288 g/mol. The van der Waals surface area contributed by atoms with E-state index >= 15 is 0 Å². The Morgan fingerprint density at radius 1 is 1.42 bits per heavy atom. The van der Waals surface area contributed by atoms with Crippen LogP contribution in [0.25, 0.3) is 0 Å². The summed E-state index contributed by atoms with van der Waals surface area (Å²) in [5.74, 6) is -1.17.